The summed E-state index contributed by atoms with van der Waals surface area (Å²) in [5, 5.41) is 7.18. The highest BCUT2D eigenvalue weighted by Crippen LogP contribution is 2.31. The van der Waals surface area contributed by atoms with E-state index in [4.69, 9.17) is 9.15 Å². The van der Waals surface area contributed by atoms with E-state index in [1.54, 1.807) is 13.2 Å². The SMILES string of the molecule is CCNCc1ccc(OC)c2oc(C(=O)N[C@@H](C)c3ccccc3)cc12. The van der Waals surface area contributed by atoms with Crippen LogP contribution in [-0.2, 0) is 6.54 Å². The maximum atomic E-state index is 12.7. The summed E-state index contributed by atoms with van der Waals surface area (Å²) in [6, 6.07) is 15.4. The molecule has 0 aliphatic carbocycles. The van der Waals surface area contributed by atoms with Crippen LogP contribution >= 0.6 is 0 Å². The van der Waals surface area contributed by atoms with Crippen molar-refractivity contribution in [3.63, 3.8) is 0 Å². The first-order valence-electron chi connectivity index (χ1n) is 8.80. The van der Waals surface area contributed by atoms with Crippen LogP contribution in [0.2, 0.25) is 0 Å². The summed E-state index contributed by atoms with van der Waals surface area (Å²) < 4.78 is 11.2. The largest absolute Gasteiger partial charge is 0.493 e. The molecule has 1 aromatic heterocycles. The van der Waals surface area contributed by atoms with E-state index >= 15 is 0 Å². The number of ether oxygens (including phenoxy) is 1. The van der Waals surface area contributed by atoms with E-state index in [-0.39, 0.29) is 17.7 Å². The van der Waals surface area contributed by atoms with Crippen LogP contribution in [0.5, 0.6) is 5.75 Å². The second-order valence-corrected chi connectivity index (χ2v) is 6.17. The van der Waals surface area contributed by atoms with Crippen molar-refractivity contribution in [1.29, 1.82) is 0 Å². The molecule has 1 heterocycles. The molecule has 3 aromatic rings. The van der Waals surface area contributed by atoms with E-state index in [0.29, 0.717) is 17.9 Å². The second kappa shape index (κ2) is 8.06. The highest BCUT2D eigenvalue weighted by molar-refractivity contribution is 5.98. The van der Waals surface area contributed by atoms with Gasteiger partial charge in [0.2, 0.25) is 0 Å². The van der Waals surface area contributed by atoms with Crippen LogP contribution in [0, 0.1) is 0 Å². The number of hydrogen-bond acceptors (Lipinski definition) is 4. The Kier molecular flexibility index (Phi) is 5.58. The molecule has 1 atom stereocenters. The summed E-state index contributed by atoms with van der Waals surface area (Å²) in [4.78, 5) is 12.7. The van der Waals surface area contributed by atoms with Gasteiger partial charge in [-0.15, -0.1) is 0 Å². The number of amides is 1. The van der Waals surface area contributed by atoms with Gasteiger partial charge in [0.05, 0.1) is 13.2 Å². The molecule has 0 spiro atoms. The van der Waals surface area contributed by atoms with Crippen molar-refractivity contribution in [1.82, 2.24) is 10.6 Å². The molecule has 2 aromatic carbocycles. The maximum Gasteiger partial charge on any atom is 0.287 e. The summed E-state index contributed by atoms with van der Waals surface area (Å²) in [5.41, 5.74) is 2.71. The molecule has 5 nitrogen and oxygen atoms in total. The third-order valence-electron chi connectivity index (χ3n) is 4.39. The highest BCUT2D eigenvalue weighted by atomic mass is 16.5. The van der Waals surface area contributed by atoms with E-state index in [2.05, 4.69) is 17.6 Å². The Balaban J connectivity index is 1.88. The molecule has 26 heavy (non-hydrogen) atoms. The summed E-state index contributed by atoms with van der Waals surface area (Å²) in [6.45, 7) is 5.58. The Morgan fingerprint density at radius 2 is 1.96 bits per heavy atom. The van der Waals surface area contributed by atoms with Crippen molar-refractivity contribution in [3.8, 4) is 5.75 Å². The smallest absolute Gasteiger partial charge is 0.287 e. The van der Waals surface area contributed by atoms with Gasteiger partial charge in [-0.2, -0.15) is 0 Å². The van der Waals surface area contributed by atoms with Gasteiger partial charge in [0.25, 0.3) is 5.91 Å². The topological polar surface area (TPSA) is 63.5 Å². The van der Waals surface area contributed by atoms with Crippen LogP contribution in [0.1, 0.15) is 41.6 Å². The van der Waals surface area contributed by atoms with Gasteiger partial charge >= 0.3 is 0 Å². The number of rotatable bonds is 7. The predicted molar refractivity (Wildman–Crippen MR) is 102 cm³/mol. The van der Waals surface area contributed by atoms with Crippen LogP contribution in [0.15, 0.2) is 52.9 Å². The number of methoxy groups -OCH3 is 1. The van der Waals surface area contributed by atoms with Gasteiger partial charge in [-0.25, -0.2) is 0 Å². The minimum Gasteiger partial charge on any atom is -0.493 e. The average Bonchev–Trinajstić information content (AvgIpc) is 3.12. The first kappa shape index (κ1) is 18.0. The number of furan rings is 1. The van der Waals surface area contributed by atoms with Crippen molar-refractivity contribution in [3.05, 3.63) is 65.4 Å². The van der Waals surface area contributed by atoms with Crippen LogP contribution in [0.3, 0.4) is 0 Å². The lowest BCUT2D eigenvalue weighted by Gasteiger charge is -2.12. The van der Waals surface area contributed by atoms with Gasteiger partial charge < -0.3 is 19.8 Å². The van der Waals surface area contributed by atoms with E-state index in [9.17, 15) is 4.79 Å². The molecule has 0 unspecified atom stereocenters. The zero-order chi connectivity index (χ0) is 18.5. The molecule has 5 heteroatoms. The van der Waals surface area contributed by atoms with Crippen molar-refractivity contribution in [2.45, 2.75) is 26.4 Å². The molecule has 0 saturated heterocycles. The highest BCUT2D eigenvalue weighted by Gasteiger charge is 2.19. The number of carbonyl (C=O) groups excluding carboxylic acids is 1. The van der Waals surface area contributed by atoms with Gasteiger partial charge in [-0.1, -0.05) is 43.3 Å². The summed E-state index contributed by atoms with van der Waals surface area (Å²) in [5.74, 6) is 0.662. The van der Waals surface area contributed by atoms with Crippen LogP contribution in [0.4, 0.5) is 0 Å². The molecule has 0 aliphatic rings. The minimum absolute atomic E-state index is 0.111. The lowest BCUT2D eigenvalue weighted by atomic mass is 10.1. The maximum absolute atomic E-state index is 12.7. The fourth-order valence-corrected chi connectivity index (χ4v) is 2.93. The lowest BCUT2D eigenvalue weighted by molar-refractivity contribution is 0.0914. The van der Waals surface area contributed by atoms with Crippen LogP contribution < -0.4 is 15.4 Å². The zero-order valence-electron chi connectivity index (χ0n) is 15.3. The zero-order valence-corrected chi connectivity index (χ0v) is 15.3. The molecule has 136 valence electrons. The van der Waals surface area contributed by atoms with Crippen molar-refractivity contribution >= 4 is 16.9 Å². The summed E-state index contributed by atoms with van der Waals surface area (Å²) >= 11 is 0. The summed E-state index contributed by atoms with van der Waals surface area (Å²) in [6.07, 6.45) is 0. The van der Waals surface area contributed by atoms with Gasteiger partial charge in [0.1, 0.15) is 0 Å². The van der Waals surface area contributed by atoms with Gasteiger partial charge in [-0.05, 0) is 36.7 Å². The Morgan fingerprint density at radius 3 is 2.65 bits per heavy atom. The van der Waals surface area contributed by atoms with Gasteiger partial charge in [-0.3, -0.25) is 4.79 Å². The fraction of sp³-hybridized carbons (Fsp3) is 0.286. The molecule has 3 rings (SSSR count). The average molecular weight is 352 g/mol. The summed E-state index contributed by atoms with van der Waals surface area (Å²) in [7, 11) is 1.60. The fourth-order valence-electron chi connectivity index (χ4n) is 2.93. The van der Waals surface area contributed by atoms with Crippen molar-refractivity contribution in [2.75, 3.05) is 13.7 Å². The van der Waals surface area contributed by atoms with E-state index < -0.39 is 0 Å². The van der Waals surface area contributed by atoms with Crippen molar-refractivity contribution < 1.29 is 13.9 Å². The van der Waals surface area contributed by atoms with Gasteiger partial charge in [0, 0.05) is 11.9 Å². The standard InChI is InChI=1S/C21H24N2O3/c1-4-22-13-16-10-11-18(25-3)20-17(16)12-19(26-20)21(24)23-14(2)15-8-6-5-7-9-15/h5-12,14,22H,4,13H2,1-3H3,(H,23,24)/t14-/m0/s1. The minimum atomic E-state index is -0.242. The number of carbonyl (C=O) groups is 1. The lowest BCUT2D eigenvalue weighted by Crippen LogP contribution is -2.26. The Labute approximate surface area is 153 Å². The Hall–Kier alpha value is -2.79. The third kappa shape index (κ3) is 3.73. The molecular formula is C21H24N2O3. The molecule has 2 N–H and O–H groups in total. The van der Waals surface area contributed by atoms with E-state index in [1.165, 1.54) is 0 Å². The number of benzene rings is 2. The molecule has 0 fully saturated rings. The molecule has 1 amide bonds. The van der Waals surface area contributed by atoms with E-state index in [1.807, 2.05) is 49.4 Å². The van der Waals surface area contributed by atoms with Crippen LogP contribution in [0.25, 0.3) is 11.0 Å². The second-order valence-electron chi connectivity index (χ2n) is 6.17. The molecule has 0 saturated carbocycles. The van der Waals surface area contributed by atoms with E-state index in [0.717, 1.165) is 23.1 Å². The van der Waals surface area contributed by atoms with Crippen LogP contribution in [-0.4, -0.2) is 19.6 Å². The Bertz CT molecular complexity index is 887. The quantitative estimate of drug-likeness (QED) is 0.673. The number of hydrogen-bond donors (Lipinski definition) is 2. The molecule has 0 bridgehead atoms. The first-order valence-corrected chi connectivity index (χ1v) is 8.80. The van der Waals surface area contributed by atoms with Gasteiger partial charge in [0.15, 0.2) is 17.1 Å². The number of nitrogens with one attached hydrogen (secondary N) is 2. The van der Waals surface area contributed by atoms with Crippen molar-refractivity contribution in [2.24, 2.45) is 0 Å². The third-order valence-corrected chi connectivity index (χ3v) is 4.39. The molecular weight excluding hydrogens is 328 g/mol. The Morgan fingerprint density at radius 1 is 1.19 bits per heavy atom. The molecule has 0 aliphatic heterocycles. The number of fused-ring (bicyclic) bond motifs is 1. The normalized spacial score (nSPS) is 12.1. The first-order chi connectivity index (χ1) is 12.6. The monoisotopic (exact) mass is 352 g/mol. The predicted octanol–water partition coefficient (Wildman–Crippen LogP) is 4.04. The molecule has 0 radical (unpaired) electrons.